The highest BCUT2D eigenvalue weighted by Crippen LogP contribution is 2.15. The fourth-order valence-electron chi connectivity index (χ4n) is 1.19. The SMILES string of the molecule is Cc1ccc(C)c(Nc2n[nH]c(N)n2)n1. The molecule has 0 aromatic carbocycles. The Morgan fingerprint density at radius 1 is 1.27 bits per heavy atom. The summed E-state index contributed by atoms with van der Waals surface area (Å²) in [6.07, 6.45) is 0. The van der Waals surface area contributed by atoms with Gasteiger partial charge in [0.05, 0.1) is 0 Å². The van der Waals surface area contributed by atoms with E-state index in [0.29, 0.717) is 5.95 Å². The first kappa shape index (κ1) is 9.45. The summed E-state index contributed by atoms with van der Waals surface area (Å²) in [4.78, 5) is 8.27. The molecule has 0 spiro atoms. The van der Waals surface area contributed by atoms with Crippen molar-refractivity contribution < 1.29 is 0 Å². The van der Waals surface area contributed by atoms with E-state index in [2.05, 4.69) is 25.5 Å². The molecule has 6 nitrogen and oxygen atoms in total. The molecule has 15 heavy (non-hydrogen) atoms. The number of rotatable bonds is 2. The predicted octanol–water partition coefficient (Wildman–Crippen LogP) is 1.14. The molecular formula is C9H12N6. The molecular weight excluding hydrogens is 192 g/mol. The summed E-state index contributed by atoms with van der Waals surface area (Å²) in [6.45, 7) is 3.89. The molecule has 2 heterocycles. The molecule has 0 aliphatic heterocycles. The molecule has 0 bridgehead atoms. The predicted molar refractivity (Wildman–Crippen MR) is 57.8 cm³/mol. The molecule has 0 radical (unpaired) electrons. The number of aromatic amines is 1. The first-order chi connectivity index (χ1) is 7.15. The van der Waals surface area contributed by atoms with Gasteiger partial charge < -0.3 is 11.1 Å². The molecule has 2 rings (SSSR count). The van der Waals surface area contributed by atoms with Gasteiger partial charge in [-0.3, -0.25) is 0 Å². The number of aryl methyl sites for hydroxylation is 2. The van der Waals surface area contributed by atoms with Crippen molar-refractivity contribution in [1.29, 1.82) is 0 Å². The van der Waals surface area contributed by atoms with Gasteiger partial charge in [-0.25, -0.2) is 10.1 Å². The average Bonchev–Trinajstić information content (AvgIpc) is 2.58. The Labute approximate surface area is 86.9 Å². The number of aromatic nitrogens is 4. The highest BCUT2D eigenvalue weighted by molar-refractivity contribution is 5.53. The van der Waals surface area contributed by atoms with Crippen molar-refractivity contribution >= 4 is 17.7 Å². The number of nitrogen functional groups attached to an aromatic ring is 1. The third-order valence-corrected chi connectivity index (χ3v) is 1.97. The quantitative estimate of drug-likeness (QED) is 0.682. The molecule has 2 aromatic heterocycles. The van der Waals surface area contributed by atoms with E-state index >= 15 is 0 Å². The van der Waals surface area contributed by atoms with Crippen molar-refractivity contribution in [1.82, 2.24) is 20.2 Å². The molecule has 0 atom stereocenters. The topological polar surface area (TPSA) is 92.5 Å². The highest BCUT2D eigenvalue weighted by atomic mass is 15.3. The molecule has 78 valence electrons. The van der Waals surface area contributed by atoms with Crippen LogP contribution in [0.2, 0.25) is 0 Å². The average molecular weight is 204 g/mol. The largest absolute Gasteiger partial charge is 0.368 e. The van der Waals surface area contributed by atoms with E-state index < -0.39 is 0 Å². The van der Waals surface area contributed by atoms with Crippen LogP contribution in [0.25, 0.3) is 0 Å². The van der Waals surface area contributed by atoms with Crippen molar-refractivity contribution in [2.75, 3.05) is 11.1 Å². The molecule has 0 aliphatic rings. The Bertz CT molecular complexity index is 475. The van der Waals surface area contributed by atoms with Gasteiger partial charge in [-0.15, -0.1) is 5.10 Å². The Morgan fingerprint density at radius 2 is 2.07 bits per heavy atom. The minimum absolute atomic E-state index is 0.280. The van der Waals surface area contributed by atoms with Crippen LogP contribution in [0.1, 0.15) is 11.3 Å². The third kappa shape index (κ3) is 2.04. The number of pyridine rings is 1. The van der Waals surface area contributed by atoms with Gasteiger partial charge in [-0.05, 0) is 25.5 Å². The van der Waals surface area contributed by atoms with Gasteiger partial charge in [-0.2, -0.15) is 4.98 Å². The summed E-state index contributed by atoms with van der Waals surface area (Å²) in [6, 6.07) is 3.94. The summed E-state index contributed by atoms with van der Waals surface area (Å²) >= 11 is 0. The summed E-state index contributed by atoms with van der Waals surface area (Å²) in [5.41, 5.74) is 7.38. The molecule has 6 heteroatoms. The van der Waals surface area contributed by atoms with Crippen molar-refractivity contribution in [3.63, 3.8) is 0 Å². The van der Waals surface area contributed by atoms with Crippen molar-refractivity contribution in [2.45, 2.75) is 13.8 Å². The van der Waals surface area contributed by atoms with Crippen LogP contribution < -0.4 is 11.1 Å². The van der Waals surface area contributed by atoms with Gasteiger partial charge in [-0.1, -0.05) is 6.07 Å². The minimum atomic E-state index is 0.280. The van der Waals surface area contributed by atoms with E-state index in [9.17, 15) is 0 Å². The molecule has 4 N–H and O–H groups in total. The maximum absolute atomic E-state index is 5.41. The summed E-state index contributed by atoms with van der Waals surface area (Å²) < 4.78 is 0. The van der Waals surface area contributed by atoms with E-state index in [0.717, 1.165) is 17.1 Å². The number of hydrogen-bond acceptors (Lipinski definition) is 5. The van der Waals surface area contributed by atoms with E-state index in [1.165, 1.54) is 0 Å². The van der Waals surface area contributed by atoms with Gasteiger partial charge in [0.25, 0.3) is 0 Å². The molecule has 0 saturated carbocycles. The Balaban J connectivity index is 2.27. The zero-order valence-corrected chi connectivity index (χ0v) is 8.57. The van der Waals surface area contributed by atoms with Crippen LogP contribution in [0.15, 0.2) is 12.1 Å². The molecule has 0 unspecified atom stereocenters. The number of H-pyrrole nitrogens is 1. The third-order valence-electron chi connectivity index (χ3n) is 1.97. The smallest absolute Gasteiger partial charge is 0.249 e. The van der Waals surface area contributed by atoms with E-state index in [4.69, 9.17) is 5.73 Å². The van der Waals surface area contributed by atoms with Crippen LogP contribution in [0, 0.1) is 13.8 Å². The van der Waals surface area contributed by atoms with Crippen LogP contribution in [-0.4, -0.2) is 20.2 Å². The van der Waals surface area contributed by atoms with Crippen molar-refractivity contribution in [3.05, 3.63) is 23.4 Å². The number of anilines is 3. The first-order valence-electron chi connectivity index (χ1n) is 4.54. The second-order valence-electron chi connectivity index (χ2n) is 3.29. The van der Waals surface area contributed by atoms with Gasteiger partial charge in [0, 0.05) is 5.69 Å². The van der Waals surface area contributed by atoms with E-state index in [-0.39, 0.29) is 5.95 Å². The van der Waals surface area contributed by atoms with Gasteiger partial charge in [0.2, 0.25) is 11.9 Å². The highest BCUT2D eigenvalue weighted by Gasteiger charge is 2.04. The van der Waals surface area contributed by atoms with Crippen LogP contribution >= 0.6 is 0 Å². The molecule has 2 aromatic rings. The Morgan fingerprint density at radius 3 is 2.73 bits per heavy atom. The van der Waals surface area contributed by atoms with Crippen LogP contribution in [0.3, 0.4) is 0 Å². The van der Waals surface area contributed by atoms with Gasteiger partial charge in [0.1, 0.15) is 5.82 Å². The van der Waals surface area contributed by atoms with Crippen LogP contribution in [0.4, 0.5) is 17.7 Å². The lowest BCUT2D eigenvalue weighted by Crippen LogP contribution is -1.99. The number of nitrogens with two attached hydrogens (primary N) is 1. The maximum atomic E-state index is 5.41. The number of nitrogens with zero attached hydrogens (tertiary/aromatic N) is 3. The number of nitrogens with one attached hydrogen (secondary N) is 2. The standard InChI is InChI=1S/C9H12N6/c1-5-3-4-6(2)11-7(5)12-9-13-8(10)14-15-9/h3-4H,1-2H3,(H4,10,11,12,13,14,15). The molecule has 0 amide bonds. The van der Waals surface area contributed by atoms with Crippen molar-refractivity contribution in [2.24, 2.45) is 0 Å². The first-order valence-corrected chi connectivity index (χ1v) is 4.54. The zero-order chi connectivity index (χ0) is 10.8. The monoisotopic (exact) mass is 204 g/mol. The van der Waals surface area contributed by atoms with Gasteiger partial charge in [0.15, 0.2) is 0 Å². The Kier molecular flexibility index (Phi) is 2.24. The molecule has 0 saturated heterocycles. The summed E-state index contributed by atoms with van der Waals surface area (Å²) in [7, 11) is 0. The van der Waals surface area contributed by atoms with Gasteiger partial charge >= 0.3 is 0 Å². The van der Waals surface area contributed by atoms with E-state index in [1.807, 2.05) is 26.0 Å². The minimum Gasteiger partial charge on any atom is -0.368 e. The van der Waals surface area contributed by atoms with Crippen LogP contribution in [0.5, 0.6) is 0 Å². The second kappa shape index (κ2) is 3.56. The Hall–Kier alpha value is -2.11. The summed E-state index contributed by atoms with van der Waals surface area (Å²) in [5, 5.41) is 9.41. The lowest BCUT2D eigenvalue weighted by Gasteiger charge is -2.05. The fourth-order valence-corrected chi connectivity index (χ4v) is 1.19. The maximum Gasteiger partial charge on any atom is 0.249 e. The van der Waals surface area contributed by atoms with E-state index in [1.54, 1.807) is 0 Å². The van der Waals surface area contributed by atoms with Crippen molar-refractivity contribution in [3.8, 4) is 0 Å². The normalized spacial score (nSPS) is 10.3. The fraction of sp³-hybridized carbons (Fsp3) is 0.222. The number of hydrogen-bond donors (Lipinski definition) is 3. The molecule has 0 aliphatic carbocycles. The molecule has 0 fully saturated rings. The lowest BCUT2D eigenvalue weighted by molar-refractivity contribution is 1.09. The zero-order valence-electron chi connectivity index (χ0n) is 8.57. The lowest BCUT2D eigenvalue weighted by atomic mass is 10.2. The summed E-state index contributed by atoms with van der Waals surface area (Å²) in [5.74, 6) is 1.45. The second-order valence-corrected chi connectivity index (χ2v) is 3.29. The van der Waals surface area contributed by atoms with Crippen LogP contribution in [-0.2, 0) is 0 Å².